The molecule has 0 bridgehead atoms. The Kier molecular flexibility index (Phi) is 4.85. The van der Waals surface area contributed by atoms with Gasteiger partial charge in [0.1, 0.15) is 6.54 Å². The highest BCUT2D eigenvalue weighted by Gasteiger charge is 2.30. The quantitative estimate of drug-likeness (QED) is 0.793. The average Bonchev–Trinajstić information content (AvgIpc) is 2.45. The second-order valence-corrected chi connectivity index (χ2v) is 5.55. The number of ketones is 1. The van der Waals surface area contributed by atoms with Gasteiger partial charge in [-0.2, -0.15) is 0 Å². The maximum Gasteiger partial charge on any atom is 0.243 e. The van der Waals surface area contributed by atoms with E-state index >= 15 is 0 Å². The van der Waals surface area contributed by atoms with Crippen LogP contribution in [0.2, 0.25) is 10.0 Å². The molecule has 0 spiro atoms. The van der Waals surface area contributed by atoms with Crippen molar-refractivity contribution in [2.24, 2.45) is 0 Å². The van der Waals surface area contributed by atoms with Crippen molar-refractivity contribution in [3.8, 4) is 0 Å². The summed E-state index contributed by atoms with van der Waals surface area (Å²) in [6.07, 6.45) is 0. The molecule has 1 fully saturated rings. The van der Waals surface area contributed by atoms with Crippen LogP contribution in [0.5, 0.6) is 0 Å². The molecule has 1 aromatic rings. The number of Topliss-reactive ketones (excluding diaryl/α,β-unsaturated/α-hetero) is 1. The minimum Gasteiger partial charge on any atom is -0.332 e. The van der Waals surface area contributed by atoms with Gasteiger partial charge in [0.15, 0.2) is 5.78 Å². The lowest BCUT2D eigenvalue weighted by Crippen LogP contribution is -2.54. The monoisotopic (exact) mass is 328 g/mol. The largest absolute Gasteiger partial charge is 0.332 e. The molecule has 0 unspecified atom stereocenters. The number of halogens is 2. The Hall–Kier alpha value is -1.59. The summed E-state index contributed by atoms with van der Waals surface area (Å²) >= 11 is 11.8. The van der Waals surface area contributed by atoms with E-state index in [2.05, 4.69) is 0 Å². The highest BCUT2D eigenvalue weighted by Crippen LogP contribution is 2.21. The van der Waals surface area contributed by atoms with Gasteiger partial charge in [0.25, 0.3) is 0 Å². The van der Waals surface area contributed by atoms with Crippen molar-refractivity contribution in [3.05, 3.63) is 33.8 Å². The summed E-state index contributed by atoms with van der Waals surface area (Å²) in [5.41, 5.74) is 0.252. The summed E-state index contributed by atoms with van der Waals surface area (Å²) in [6, 6.07) is 4.56. The molecule has 1 aromatic carbocycles. The Morgan fingerprint density at radius 2 is 1.76 bits per heavy atom. The van der Waals surface area contributed by atoms with Crippen LogP contribution in [0.15, 0.2) is 18.2 Å². The molecule has 0 N–H and O–H groups in total. The van der Waals surface area contributed by atoms with Crippen LogP contribution in [0.3, 0.4) is 0 Å². The Bertz CT molecular complexity index is 604. The van der Waals surface area contributed by atoms with Crippen molar-refractivity contribution in [1.29, 1.82) is 0 Å². The van der Waals surface area contributed by atoms with Crippen LogP contribution in [0, 0.1) is 0 Å². The van der Waals surface area contributed by atoms with Crippen LogP contribution < -0.4 is 0 Å². The fourth-order valence-corrected chi connectivity index (χ4v) is 2.50. The van der Waals surface area contributed by atoms with Crippen LogP contribution in [-0.4, -0.2) is 53.6 Å². The number of amides is 2. The van der Waals surface area contributed by atoms with Gasteiger partial charge >= 0.3 is 0 Å². The molecule has 7 heteroatoms. The van der Waals surface area contributed by atoms with Crippen LogP contribution >= 0.6 is 23.2 Å². The van der Waals surface area contributed by atoms with Gasteiger partial charge in [0.2, 0.25) is 11.8 Å². The van der Waals surface area contributed by atoms with E-state index in [1.54, 1.807) is 13.0 Å². The second-order valence-electron chi connectivity index (χ2n) is 4.71. The van der Waals surface area contributed by atoms with Gasteiger partial charge in [-0.1, -0.05) is 23.2 Å². The van der Waals surface area contributed by atoms with Gasteiger partial charge in [0.05, 0.1) is 18.1 Å². The third-order valence-corrected chi connectivity index (χ3v) is 3.87. The Balaban J connectivity index is 2.11. The summed E-state index contributed by atoms with van der Waals surface area (Å²) in [6.45, 7) is 2.02. The number of hydrogen-bond donors (Lipinski definition) is 0. The summed E-state index contributed by atoms with van der Waals surface area (Å²) < 4.78 is 0. The van der Waals surface area contributed by atoms with Crippen molar-refractivity contribution in [3.63, 3.8) is 0 Å². The fourth-order valence-electron chi connectivity index (χ4n) is 2.10. The predicted molar refractivity (Wildman–Crippen MR) is 79.6 cm³/mol. The number of rotatable bonds is 4. The summed E-state index contributed by atoms with van der Waals surface area (Å²) in [5, 5.41) is 0.663. The van der Waals surface area contributed by atoms with E-state index in [4.69, 9.17) is 23.2 Å². The summed E-state index contributed by atoms with van der Waals surface area (Å²) in [5.74, 6) is -0.751. The molecule has 0 saturated carbocycles. The van der Waals surface area contributed by atoms with E-state index < -0.39 is 0 Å². The van der Waals surface area contributed by atoms with Crippen molar-refractivity contribution >= 4 is 40.8 Å². The normalized spacial score (nSPS) is 15.6. The molecule has 0 atom stereocenters. The maximum absolute atomic E-state index is 12.2. The van der Waals surface area contributed by atoms with Crippen LogP contribution in [0.1, 0.15) is 17.3 Å². The zero-order valence-electron chi connectivity index (χ0n) is 11.4. The lowest BCUT2D eigenvalue weighted by molar-refractivity contribution is -0.149. The van der Waals surface area contributed by atoms with Crippen molar-refractivity contribution in [1.82, 2.24) is 9.80 Å². The molecule has 1 heterocycles. The molecule has 21 heavy (non-hydrogen) atoms. The van der Waals surface area contributed by atoms with E-state index in [1.807, 2.05) is 0 Å². The second kappa shape index (κ2) is 6.45. The van der Waals surface area contributed by atoms with Crippen LogP contribution in [0.25, 0.3) is 0 Å². The average molecular weight is 329 g/mol. The SMILES string of the molecule is CCN1CC(=O)N(CC(=O)c2cc(Cl)ccc2Cl)CC1=O. The third-order valence-electron chi connectivity index (χ3n) is 3.30. The van der Waals surface area contributed by atoms with Gasteiger partial charge in [-0.05, 0) is 25.1 Å². The molecule has 0 aliphatic carbocycles. The summed E-state index contributed by atoms with van der Waals surface area (Å²) in [7, 11) is 0. The lowest BCUT2D eigenvalue weighted by atomic mass is 10.1. The van der Waals surface area contributed by atoms with Crippen molar-refractivity contribution in [2.45, 2.75) is 6.92 Å². The number of likely N-dealkylation sites (N-methyl/N-ethyl adjacent to an activating group) is 1. The first-order valence-electron chi connectivity index (χ1n) is 6.46. The minimum absolute atomic E-state index is 0.00584. The molecule has 5 nitrogen and oxygen atoms in total. The molecule has 112 valence electrons. The highest BCUT2D eigenvalue weighted by atomic mass is 35.5. The number of nitrogens with zero attached hydrogens (tertiary/aromatic N) is 2. The van der Waals surface area contributed by atoms with Crippen molar-refractivity contribution < 1.29 is 14.4 Å². The van der Waals surface area contributed by atoms with Gasteiger partial charge in [0, 0.05) is 17.1 Å². The summed E-state index contributed by atoms with van der Waals surface area (Å²) in [4.78, 5) is 38.7. The van der Waals surface area contributed by atoms with Gasteiger partial charge in [-0.3, -0.25) is 14.4 Å². The number of carbonyl (C=O) groups excluding carboxylic acids is 3. The molecule has 1 saturated heterocycles. The minimum atomic E-state index is -0.339. The number of carbonyl (C=O) groups is 3. The third kappa shape index (κ3) is 3.54. The Morgan fingerprint density at radius 1 is 1.14 bits per heavy atom. The van der Waals surface area contributed by atoms with Gasteiger partial charge in [-0.15, -0.1) is 0 Å². The van der Waals surface area contributed by atoms with E-state index in [-0.39, 0.29) is 47.8 Å². The Labute approximate surface area is 132 Å². The number of piperazine rings is 1. The van der Waals surface area contributed by atoms with Gasteiger partial charge < -0.3 is 9.80 Å². The zero-order chi connectivity index (χ0) is 15.6. The molecule has 1 aliphatic rings. The molecular weight excluding hydrogens is 315 g/mol. The van der Waals surface area contributed by atoms with Gasteiger partial charge in [-0.25, -0.2) is 0 Å². The van der Waals surface area contributed by atoms with E-state index in [0.717, 1.165) is 0 Å². The first-order chi connectivity index (χ1) is 9.92. The smallest absolute Gasteiger partial charge is 0.243 e. The fraction of sp³-hybridized carbons (Fsp3) is 0.357. The molecular formula is C14H14Cl2N2O3. The predicted octanol–water partition coefficient (Wildman–Crippen LogP) is 1.87. The topological polar surface area (TPSA) is 57.7 Å². The number of hydrogen-bond acceptors (Lipinski definition) is 3. The zero-order valence-corrected chi connectivity index (χ0v) is 12.9. The maximum atomic E-state index is 12.2. The first-order valence-corrected chi connectivity index (χ1v) is 7.21. The molecule has 2 amide bonds. The van der Waals surface area contributed by atoms with E-state index in [1.165, 1.54) is 21.9 Å². The highest BCUT2D eigenvalue weighted by molar-refractivity contribution is 6.36. The van der Waals surface area contributed by atoms with Crippen LogP contribution in [-0.2, 0) is 9.59 Å². The van der Waals surface area contributed by atoms with E-state index in [0.29, 0.717) is 11.6 Å². The Morgan fingerprint density at radius 3 is 2.43 bits per heavy atom. The number of benzene rings is 1. The standard InChI is InChI=1S/C14H14Cl2N2O3/c1-2-17-7-14(21)18(8-13(17)20)6-12(19)10-5-9(15)3-4-11(10)16/h3-5H,2,6-8H2,1H3. The van der Waals surface area contributed by atoms with Crippen molar-refractivity contribution in [2.75, 3.05) is 26.2 Å². The molecule has 0 aromatic heterocycles. The van der Waals surface area contributed by atoms with Crippen LogP contribution in [0.4, 0.5) is 0 Å². The molecule has 0 radical (unpaired) electrons. The molecule has 1 aliphatic heterocycles. The molecule has 2 rings (SSSR count). The first kappa shape index (κ1) is 15.8. The van der Waals surface area contributed by atoms with E-state index in [9.17, 15) is 14.4 Å². The lowest BCUT2D eigenvalue weighted by Gasteiger charge is -2.32.